The summed E-state index contributed by atoms with van der Waals surface area (Å²) in [5.74, 6) is -0.573. The van der Waals surface area contributed by atoms with Crippen molar-refractivity contribution in [2.45, 2.75) is 27.2 Å². The Bertz CT molecular complexity index is 967. The number of esters is 2. The number of pyridine rings is 1. The Morgan fingerprint density at radius 3 is 2.58 bits per heavy atom. The van der Waals surface area contributed by atoms with E-state index in [2.05, 4.69) is 15.2 Å². The standard InChI is InChI=1S/C23H29N3O6S/c1-4-31-23(29)20-17(11-15(2)3)14-33-21(20)25-19(27)13-32-22(28)16-5-6-18(24-12-16)26-7-9-30-10-8-26/h5-6,12,14-15H,4,7-11,13H2,1-3H3,(H,25,27). The quantitative estimate of drug-likeness (QED) is 0.551. The molecule has 9 nitrogen and oxygen atoms in total. The Labute approximate surface area is 197 Å². The fourth-order valence-electron chi connectivity index (χ4n) is 3.37. The zero-order valence-electron chi connectivity index (χ0n) is 19.1. The number of nitrogens with zero attached hydrogens (tertiary/aromatic N) is 2. The molecule has 33 heavy (non-hydrogen) atoms. The number of thiophene rings is 1. The molecule has 10 heteroatoms. The molecule has 1 N–H and O–H groups in total. The van der Waals surface area contributed by atoms with Crippen LogP contribution < -0.4 is 10.2 Å². The summed E-state index contributed by atoms with van der Waals surface area (Å²) in [7, 11) is 0. The number of carbonyl (C=O) groups is 3. The first kappa shape index (κ1) is 24.7. The maximum atomic E-state index is 12.4. The molecule has 0 unspecified atom stereocenters. The lowest BCUT2D eigenvalue weighted by atomic mass is 10.0. The molecule has 3 heterocycles. The average Bonchev–Trinajstić information content (AvgIpc) is 3.19. The van der Waals surface area contributed by atoms with E-state index in [1.165, 1.54) is 17.5 Å². The Balaban J connectivity index is 1.58. The molecule has 0 atom stereocenters. The van der Waals surface area contributed by atoms with Crippen molar-refractivity contribution in [3.63, 3.8) is 0 Å². The Hall–Kier alpha value is -2.98. The fraction of sp³-hybridized carbons (Fsp3) is 0.478. The number of hydrogen-bond acceptors (Lipinski definition) is 9. The number of carbonyl (C=O) groups excluding carboxylic acids is 3. The molecule has 1 aliphatic rings. The van der Waals surface area contributed by atoms with Crippen LogP contribution in [0, 0.1) is 5.92 Å². The summed E-state index contributed by atoms with van der Waals surface area (Å²) in [5, 5.41) is 4.90. The van der Waals surface area contributed by atoms with Crippen LogP contribution in [0.1, 0.15) is 47.1 Å². The van der Waals surface area contributed by atoms with E-state index in [0.717, 1.165) is 24.5 Å². The molecule has 1 aliphatic heterocycles. The highest BCUT2D eigenvalue weighted by atomic mass is 32.1. The van der Waals surface area contributed by atoms with Gasteiger partial charge in [-0.15, -0.1) is 11.3 Å². The summed E-state index contributed by atoms with van der Waals surface area (Å²) >= 11 is 1.25. The smallest absolute Gasteiger partial charge is 0.341 e. The highest BCUT2D eigenvalue weighted by Gasteiger charge is 2.23. The molecule has 1 fully saturated rings. The van der Waals surface area contributed by atoms with Gasteiger partial charge in [0, 0.05) is 19.3 Å². The number of anilines is 2. The van der Waals surface area contributed by atoms with Crippen LogP contribution in [0.4, 0.5) is 10.8 Å². The first-order chi connectivity index (χ1) is 15.9. The number of amides is 1. The minimum atomic E-state index is -0.650. The van der Waals surface area contributed by atoms with Crippen LogP contribution in [0.25, 0.3) is 0 Å². The third-order valence-electron chi connectivity index (χ3n) is 4.88. The normalized spacial score (nSPS) is 13.6. The van der Waals surface area contributed by atoms with Crippen LogP contribution in [0.15, 0.2) is 23.7 Å². The van der Waals surface area contributed by atoms with Gasteiger partial charge in [0.05, 0.1) is 30.9 Å². The van der Waals surface area contributed by atoms with E-state index in [-0.39, 0.29) is 12.2 Å². The van der Waals surface area contributed by atoms with Crippen molar-refractivity contribution in [1.82, 2.24) is 4.98 Å². The molecule has 2 aromatic heterocycles. The van der Waals surface area contributed by atoms with Crippen LogP contribution in [-0.2, 0) is 25.4 Å². The number of hydrogen-bond donors (Lipinski definition) is 1. The van der Waals surface area contributed by atoms with Gasteiger partial charge < -0.3 is 24.4 Å². The fourth-order valence-corrected chi connectivity index (χ4v) is 4.35. The van der Waals surface area contributed by atoms with Gasteiger partial charge in [-0.25, -0.2) is 14.6 Å². The number of ether oxygens (including phenoxy) is 3. The third-order valence-corrected chi connectivity index (χ3v) is 5.83. The summed E-state index contributed by atoms with van der Waals surface area (Å²) in [4.78, 5) is 43.5. The molecule has 1 saturated heterocycles. The lowest BCUT2D eigenvalue weighted by molar-refractivity contribution is -0.119. The number of morpholine rings is 1. The van der Waals surface area contributed by atoms with Gasteiger partial charge in [0.2, 0.25) is 0 Å². The van der Waals surface area contributed by atoms with Crippen molar-refractivity contribution in [1.29, 1.82) is 0 Å². The van der Waals surface area contributed by atoms with Crippen molar-refractivity contribution in [3.05, 3.63) is 40.4 Å². The van der Waals surface area contributed by atoms with Gasteiger partial charge in [-0.2, -0.15) is 0 Å². The molecule has 2 aromatic rings. The number of aromatic nitrogens is 1. The van der Waals surface area contributed by atoms with Crippen LogP contribution in [-0.4, -0.2) is 62.3 Å². The van der Waals surface area contributed by atoms with E-state index in [9.17, 15) is 14.4 Å². The molecule has 0 aliphatic carbocycles. The zero-order valence-corrected chi connectivity index (χ0v) is 19.9. The second-order valence-electron chi connectivity index (χ2n) is 7.91. The van der Waals surface area contributed by atoms with E-state index < -0.39 is 24.5 Å². The van der Waals surface area contributed by atoms with Gasteiger partial charge in [-0.3, -0.25) is 4.79 Å². The van der Waals surface area contributed by atoms with Gasteiger partial charge >= 0.3 is 11.9 Å². The lowest BCUT2D eigenvalue weighted by Crippen LogP contribution is -2.36. The zero-order chi connectivity index (χ0) is 23.8. The van der Waals surface area contributed by atoms with Crippen molar-refractivity contribution in [3.8, 4) is 0 Å². The number of rotatable bonds is 9. The summed E-state index contributed by atoms with van der Waals surface area (Å²) in [5.41, 5.74) is 1.44. The predicted octanol–water partition coefficient (Wildman–Crippen LogP) is 3.15. The molecule has 0 bridgehead atoms. The van der Waals surface area contributed by atoms with Crippen molar-refractivity contribution < 1.29 is 28.6 Å². The summed E-state index contributed by atoms with van der Waals surface area (Å²) < 4.78 is 15.6. The van der Waals surface area contributed by atoms with E-state index >= 15 is 0 Å². The topological polar surface area (TPSA) is 107 Å². The second-order valence-corrected chi connectivity index (χ2v) is 8.79. The first-order valence-electron chi connectivity index (χ1n) is 10.9. The Kier molecular flexibility index (Phi) is 8.79. The van der Waals surface area contributed by atoms with Crippen molar-refractivity contribution >= 4 is 40.0 Å². The SMILES string of the molecule is CCOC(=O)c1c(CC(C)C)csc1NC(=O)COC(=O)c1ccc(N2CCOCC2)nc1. The molecular weight excluding hydrogens is 446 g/mol. The molecule has 3 rings (SSSR count). The van der Waals surface area contributed by atoms with E-state index in [4.69, 9.17) is 14.2 Å². The first-order valence-corrected chi connectivity index (χ1v) is 11.8. The van der Waals surface area contributed by atoms with Crippen LogP contribution in [0.3, 0.4) is 0 Å². The highest BCUT2D eigenvalue weighted by Crippen LogP contribution is 2.31. The van der Waals surface area contributed by atoms with Crippen LogP contribution >= 0.6 is 11.3 Å². The van der Waals surface area contributed by atoms with Crippen LogP contribution in [0.2, 0.25) is 0 Å². The molecule has 0 radical (unpaired) electrons. The third kappa shape index (κ3) is 6.75. The molecule has 0 saturated carbocycles. The minimum absolute atomic E-state index is 0.235. The maximum Gasteiger partial charge on any atom is 0.341 e. The lowest BCUT2D eigenvalue weighted by Gasteiger charge is -2.27. The van der Waals surface area contributed by atoms with Gasteiger partial charge in [0.1, 0.15) is 10.8 Å². The molecule has 0 spiro atoms. The van der Waals surface area contributed by atoms with E-state index in [0.29, 0.717) is 36.1 Å². The summed E-state index contributed by atoms with van der Waals surface area (Å²) in [6, 6.07) is 3.36. The van der Waals surface area contributed by atoms with Crippen LogP contribution in [0.5, 0.6) is 0 Å². The molecular formula is C23H29N3O6S. The van der Waals surface area contributed by atoms with Crippen molar-refractivity contribution in [2.75, 3.05) is 49.7 Å². The molecule has 0 aromatic carbocycles. The molecule has 178 valence electrons. The Morgan fingerprint density at radius 2 is 1.94 bits per heavy atom. The minimum Gasteiger partial charge on any atom is -0.462 e. The average molecular weight is 476 g/mol. The summed E-state index contributed by atoms with van der Waals surface area (Å²) in [6.07, 6.45) is 2.12. The van der Waals surface area contributed by atoms with E-state index in [1.54, 1.807) is 19.1 Å². The second kappa shape index (κ2) is 11.8. The maximum absolute atomic E-state index is 12.4. The van der Waals surface area contributed by atoms with Gasteiger partial charge in [0.15, 0.2) is 6.61 Å². The largest absolute Gasteiger partial charge is 0.462 e. The van der Waals surface area contributed by atoms with Gasteiger partial charge in [-0.05, 0) is 42.3 Å². The Morgan fingerprint density at radius 1 is 1.18 bits per heavy atom. The highest BCUT2D eigenvalue weighted by molar-refractivity contribution is 7.15. The molecule has 1 amide bonds. The van der Waals surface area contributed by atoms with Gasteiger partial charge in [-0.1, -0.05) is 13.8 Å². The van der Waals surface area contributed by atoms with Crippen molar-refractivity contribution in [2.24, 2.45) is 5.92 Å². The van der Waals surface area contributed by atoms with Gasteiger partial charge in [0.25, 0.3) is 5.91 Å². The monoisotopic (exact) mass is 475 g/mol. The van der Waals surface area contributed by atoms with E-state index in [1.807, 2.05) is 19.2 Å². The number of nitrogens with one attached hydrogen (secondary N) is 1. The predicted molar refractivity (Wildman–Crippen MR) is 125 cm³/mol. The summed E-state index contributed by atoms with van der Waals surface area (Å²) in [6.45, 7) is 8.34.